The first-order valence-corrected chi connectivity index (χ1v) is 9.16. The first-order valence-electron chi connectivity index (χ1n) is 9.16. The number of rotatable bonds is 7. The van der Waals surface area contributed by atoms with E-state index in [9.17, 15) is 14.4 Å². The van der Waals surface area contributed by atoms with Crippen LogP contribution < -0.4 is 0 Å². The molecule has 0 fully saturated rings. The van der Waals surface area contributed by atoms with Crippen LogP contribution in [0.1, 0.15) is 53.3 Å². The highest BCUT2D eigenvalue weighted by molar-refractivity contribution is 6.25. The summed E-state index contributed by atoms with van der Waals surface area (Å²) in [5.74, 6) is -0.491. The van der Waals surface area contributed by atoms with Crippen LogP contribution in [-0.4, -0.2) is 47.7 Å². The maximum atomic E-state index is 12.8. The molecule has 1 heterocycles. The molecule has 0 saturated carbocycles. The van der Waals surface area contributed by atoms with Gasteiger partial charge >= 0.3 is 0 Å². The average molecular weight is 352 g/mol. The number of unbranched alkanes of at least 4 members (excludes halogenated alkanes) is 1. The van der Waals surface area contributed by atoms with Crippen molar-refractivity contribution in [2.24, 2.45) is 0 Å². The zero-order valence-corrected chi connectivity index (χ0v) is 15.3. The molecule has 0 saturated heterocycles. The maximum absolute atomic E-state index is 12.8. The minimum absolute atomic E-state index is 0.0536. The summed E-state index contributed by atoms with van der Waals surface area (Å²) >= 11 is 0. The number of imide groups is 1. The molecule has 0 aliphatic carbocycles. The van der Waals surface area contributed by atoms with Crippen molar-refractivity contribution in [3.8, 4) is 0 Å². The second kappa shape index (κ2) is 7.68. The highest BCUT2D eigenvalue weighted by atomic mass is 16.2. The van der Waals surface area contributed by atoms with Crippen LogP contribution in [0.15, 0.2) is 36.4 Å². The van der Waals surface area contributed by atoms with Gasteiger partial charge in [-0.1, -0.05) is 37.6 Å². The second-order valence-corrected chi connectivity index (χ2v) is 6.74. The van der Waals surface area contributed by atoms with E-state index < -0.39 is 0 Å². The van der Waals surface area contributed by atoms with E-state index in [1.807, 2.05) is 24.3 Å². The van der Waals surface area contributed by atoms with E-state index in [0.717, 1.165) is 30.2 Å². The molecule has 26 heavy (non-hydrogen) atoms. The Balaban J connectivity index is 1.70. The number of benzene rings is 2. The number of nitrogens with zero attached hydrogens (tertiary/aromatic N) is 2. The number of hydrogen-bond donors (Lipinski definition) is 0. The van der Waals surface area contributed by atoms with E-state index in [-0.39, 0.29) is 24.3 Å². The predicted molar refractivity (Wildman–Crippen MR) is 101 cm³/mol. The fourth-order valence-electron chi connectivity index (χ4n) is 3.38. The quantitative estimate of drug-likeness (QED) is 0.717. The molecule has 3 rings (SSSR count). The molecular formula is C21H24N2O3. The van der Waals surface area contributed by atoms with Crippen molar-refractivity contribution >= 4 is 28.5 Å². The van der Waals surface area contributed by atoms with E-state index in [2.05, 4.69) is 6.92 Å². The van der Waals surface area contributed by atoms with Crippen LogP contribution in [-0.2, 0) is 4.79 Å². The lowest BCUT2D eigenvalue weighted by atomic mass is 9.94. The monoisotopic (exact) mass is 352 g/mol. The lowest BCUT2D eigenvalue weighted by molar-refractivity contribution is -0.130. The van der Waals surface area contributed by atoms with Crippen LogP contribution in [0.3, 0.4) is 0 Å². The van der Waals surface area contributed by atoms with Crippen LogP contribution in [0.4, 0.5) is 0 Å². The van der Waals surface area contributed by atoms with Gasteiger partial charge in [-0.05, 0) is 30.4 Å². The normalized spacial score (nSPS) is 13.4. The summed E-state index contributed by atoms with van der Waals surface area (Å²) in [6.07, 6.45) is 2.83. The van der Waals surface area contributed by atoms with Crippen LogP contribution in [0.25, 0.3) is 10.8 Å². The van der Waals surface area contributed by atoms with Crippen molar-refractivity contribution in [2.45, 2.75) is 32.6 Å². The molecule has 5 heteroatoms. The molecule has 2 aromatic rings. The Bertz CT molecular complexity index is 809. The SMILES string of the molecule is CCCCN(C)C(=O)CCCN1C(=O)c2cccc3cccc(c23)C1=O. The number of amides is 3. The summed E-state index contributed by atoms with van der Waals surface area (Å²) < 4.78 is 0. The van der Waals surface area contributed by atoms with Gasteiger partial charge in [0.1, 0.15) is 0 Å². The smallest absolute Gasteiger partial charge is 0.261 e. The summed E-state index contributed by atoms with van der Waals surface area (Å²) in [4.78, 5) is 40.7. The zero-order chi connectivity index (χ0) is 18.7. The molecule has 0 N–H and O–H groups in total. The Labute approximate surface area is 153 Å². The first kappa shape index (κ1) is 18.1. The summed E-state index contributed by atoms with van der Waals surface area (Å²) in [7, 11) is 1.80. The highest BCUT2D eigenvalue weighted by Crippen LogP contribution is 2.30. The van der Waals surface area contributed by atoms with Gasteiger partial charge in [-0.2, -0.15) is 0 Å². The van der Waals surface area contributed by atoms with Crippen molar-refractivity contribution in [3.05, 3.63) is 47.5 Å². The molecule has 5 nitrogen and oxygen atoms in total. The Morgan fingerprint density at radius 3 is 2.19 bits per heavy atom. The average Bonchev–Trinajstić information content (AvgIpc) is 2.66. The summed E-state index contributed by atoms with van der Waals surface area (Å²) in [6.45, 7) is 3.09. The van der Waals surface area contributed by atoms with E-state index in [1.54, 1.807) is 24.1 Å². The minimum Gasteiger partial charge on any atom is -0.346 e. The molecule has 1 aliphatic rings. The van der Waals surface area contributed by atoms with Gasteiger partial charge < -0.3 is 4.90 Å². The van der Waals surface area contributed by atoms with Gasteiger partial charge in [-0.3, -0.25) is 19.3 Å². The van der Waals surface area contributed by atoms with Crippen molar-refractivity contribution in [3.63, 3.8) is 0 Å². The van der Waals surface area contributed by atoms with Gasteiger partial charge in [0.2, 0.25) is 5.91 Å². The van der Waals surface area contributed by atoms with E-state index >= 15 is 0 Å². The molecule has 136 valence electrons. The summed E-state index contributed by atoms with van der Waals surface area (Å²) in [5, 5.41) is 1.63. The number of carbonyl (C=O) groups is 3. The third-order valence-electron chi connectivity index (χ3n) is 4.90. The Kier molecular flexibility index (Phi) is 5.35. The van der Waals surface area contributed by atoms with Crippen LogP contribution in [0.5, 0.6) is 0 Å². The van der Waals surface area contributed by atoms with Gasteiger partial charge in [-0.15, -0.1) is 0 Å². The van der Waals surface area contributed by atoms with Crippen LogP contribution in [0, 0.1) is 0 Å². The van der Waals surface area contributed by atoms with Crippen molar-refractivity contribution in [1.82, 2.24) is 9.80 Å². The lowest BCUT2D eigenvalue weighted by Gasteiger charge is -2.27. The summed E-state index contributed by atoms with van der Waals surface area (Å²) in [5.41, 5.74) is 1.12. The number of carbonyl (C=O) groups excluding carboxylic acids is 3. The Morgan fingerprint density at radius 2 is 1.62 bits per heavy atom. The van der Waals surface area contributed by atoms with Gasteiger partial charge in [0.05, 0.1) is 0 Å². The Hall–Kier alpha value is -2.69. The van der Waals surface area contributed by atoms with Gasteiger partial charge in [0.15, 0.2) is 0 Å². The number of hydrogen-bond acceptors (Lipinski definition) is 3. The van der Waals surface area contributed by atoms with Gasteiger partial charge in [-0.25, -0.2) is 0 Å². The first-order chi connectivity index (χ1) is 12.5. The third-order valence-corrected chi connectivity index (χ3v) is 4.90. The van der Waals surface area contributed by atoms with E-state index in [0.29, 0.717) is 24.0 Å². The third kappa shape index (κ3) is 3.34. The Morgan fingerprint density at radius 1 is 1.00 bits per heavy atom. The molecule has 0 unspecified atom stereocenters. The van der Waals surface area contributed by atoms with E-state index in [4.69, 9.17) is 0 Å². The second-order valence-electron chi connectivity index (χ2n) is 6.74. The molecule has 2 aromatic carbocycles. The van der Waals surface area contributed by atoms with Gasteiger partial charge in [0.25, 0.3) is 11.8 Å². The van der Waals surface area contributed by atoms with Crippen LogP contribution in [0.2, 0.25) is 0 Å². The van der Waals surface area contributed by atoms with E-state index in [1.165, 1.54) is 4.90 Å². The van der Waals surface area contributed by atoms with Crippen molar-refractivity contribution < 1.29 is 14.4 Å². The largest absolute Gasteiger partial charge is 0.346 e. The fraction of sp³-hybridized carbons (Fsp3) is 0.381. The van der Waals surface area contributed by atoms with Crippen LogP contribution >= 0.6 is 0 Å². The maximum Gasteiger partial charge on any atom is 0.261 e. The van der Waals surface area contributed by atoms with Gasteiger partial charge in [0, 0.05) is 43.1 Å². The fourth-order valence-corrected chi connectivity index (χ4v) is 3.38. The predicted octanol–water partition coefficient (Wildman–Crippen LogP) is 3.47. The standard InChI is InChI=1S/C21H24N2O3/c1-3-4-13-22(2)18(24)12-7-14-23-20(25)16-10-5-8-15-9-6-11-17(19(15)16)21(23)26/h5-6,8-11H,3-4,7,12-14H2,1-2H3. The molecular weight excluding hydrogens is 328 g/mol. The molecule has 3 amide bonds. The molecule has 1 aliphatic heterocycles. The molecule has 0 radical (unpaired) electrons. The molecule has 0 bridgehead atoms. The molecule has 0 spiro atoms. The topological polar surface area (TPSA) is 57.7 Å². The minimum atomic E-state index is -0.272. The van der Waals surface area contributed by atoms with Crippen molar-refractivity contribution in [2.75, 3.05) is 20.1 Å². The molecule has 0 aromatic heterocycles. The highest BCUT2D eigenvalue weighted by Gasteiger charge is 2.32. The molecule has 0 atom stereocenters. The lowest BCUT2D eigenvalue weighted by Crippen LogP contribution is -2.41. The van der Waals surface area contributed by atoms with Crippen molar-refractivity contribution in [1.29, 1.82) is 0 Å². The summed E-state index contributed by atoms with van der Waals surface area (Å²) in [6, 6.07) is 11.0. The zero-order valence-electron chi connectivity index (χ0n) is 15.3.